The van der Waals surface area contributed by atoms with E-state index < -0.39 is 0 Å². The van der Waals surface area contributed by atoms with Gasteiger partial charge in [-0.2, -0.15) is 0 Å². The maximum atomic E-state index is 8.96. The second-order valence-corrected chi connectivity index (χ2v) is 5.42. The SMILES string of the molecule is CCNC(CCO)CSc1ccccc1Br. The van der Waals surface area contributed by atoms with Gasteiger partial charge < -0.3 is 10.4 Å². The van der Waals surface area contributed by atoms with E-state index in [1.807, 2.05) is 23.9 Å². The molecule has 0 spiro atoms. The van der Waals surface area contributed by atoms with Gasteiger partial charge in [0.15, 0.2) is 0 Å². The Kier molecular flexibility index (Phi) is 7.12. The molecule has 0 saturated carbocycles. The number of hydrogen-bond donors (Lipinski definition) is 2. The van der Waals surface area contributed by atoms with E-state index in [0.717, 1.165) is 23.2 Å². The lowest BCUT2D eigenvalue weighted by molar-refractivity contribution is 0.271. The highest BCUT2D eigenvalue weighted by atomic mass is 79.9. The molecule has 1 aromatic rings. The number of benzene rings is 1. The predicted octanol–water partition coefficient (Wildman–Crippen LogP) is 2.90. The molecule has 2 N–H and O–H groups in total. The predicted molar refractivity (Wildman–Crippen MR) is 74.0 cm³/mol. The van der Waals surface area contributed by atoms with E-state index in [2.05, 4.69) is 40.3 Å². The van der Waals surface area contributed by atoms with Gasteiger partial charge in [0.2, 0.25) is 0 Å². The molecule has 0 aliphatic heterocycles. The number of nitrogens with one attached hydrogen (secondary N) is 1. The van der Waals surface area contributed by atoms with Crippen LogP contribution in [0.4, 0.5) is 0 Å². The highest BCUT2D eigenvalue weighted by Gasteiger charge is 2.08. The first-order valence-electron chi connectivity index (χ1n) is 5.49. The molecule has 1 unspecified atom stereocenters. The van der Waals surface area contributed by atoms with Crippen molar-refractivity contribution in [3.05, 3.63) is 28.7 Å². The summed E-state index contributed by atoms with van der Waals surface area (Å²) >= 11 is 5.35. The topological polar surface area (TPSA) is 32.3 Å². The van der Waals surface area contributed by atoms with Crippen molar-refractivity contribution >= 4 is 27.7 Å². The summed E-state index contributed by atoms with van der Waals surface area (Å²) in [5, 5.41) is 12.3. The molecule has 0 amide bonds. The van der Waals surface area contributed by atoms with Crippen molar-refractivity contribution in [1.29, 1.82) is 0 Å². The molecule has 0 radical (unpaired) electrons. The Labute approximate surface area is 110 Å². The first-order valence-corrected chi connectivity index (χ1v) is 7.27. The fourth-order valence-electron chi connectivity index (χ4n) is 1.44. The molecule has 2 nitrogen and oxygen atoms in total. The molecular formula is C12H18BrNOS. The molecule has 1 atom stereocenters. The normalized spacial score (nSPS) is 12.7. The van der Waals surface area contributed by atoms with Crippen molar-refractivity contribution in [2.75, 3.05) is 18.9 Å². The van der Waals surface area contributed by atoms with Crippen LogP contribution in [-0.4, -0.2) is 30.1 Å². The van der Waals surface area contributed by atoms with Gasteiger partial charge in [0.05, 0.1) is 0 Å². The number of thioether (sulfide) groups is 1. The molecule has 4 heteroatoms. The van der Waals surface area contributed by atoms with Crippen molar-refractivity contribution in [3.63, 3.8) is 0 Å². The average Bonchev–Trinajstić information content (AvgIpc) is 2.28. The van der Waals surface area contributed by atoms with Crippen molar-refractivity contribution in [3.8, 4) is 0 Å². The van der Waals surface area contributed by atoms with E-state index in [1.54, 1.807) is 0 Å². The van der Waals surface area contributed by atoms with Crippen LogP contribution in [0.1, 0.15) is 13.3 Å². The largest absolute Gasteiger partial charge is 0.396 e. The third kappa shape index (κ3) is 4.87. The Morgan fingerprint density at radius 3 is 2.81 bits per heavy atom. The molecule has 0 aliphatic carbocycles. The van der Waals surface area contributed by atoms with Gasteiger partial charge in [-0.3, -0.25) is 0 Å². The molecule has 0 aromatic heterocycles. The Morgan fingerprint density at radius 2 is 2.19 bits per heavy atom. The zero-order valence-electron chi connectivity index (χ0n) is 9.45. The summed E-state index contributed by atoms with van der Waals surface area (Å²) in [6, 6.07) is 8.60. The Morgan fingerprint density at radius 1 is 1.44 bits per heavy atom. The summed E-state index contributed by atoms with van der Waals surface area (Å²) in [5.74, 6) is 0.983. The van der Waals surface area contributed by atoms with Crippen molar-refractivity contribution in [1.82, 2.24) is 5.32 Å². The minimum absolute atomic E-state index is 0.244. The third-order valence-corrected chi connectivity index (χ3v) is 4.44. The molecule has 1 aromatic carbocycles. The third-order valence-electron chi connectivity index (χ3n) is 2.25. The van der Waals surface area contributed by atoms with E-state index >= 15 is 0 Å². The summed E-state index contributed by atoms with van der Waals surface area (Å²) in [7, 11) is 0. The van der Waals surface area contributed by atoms with Crippen LogP contribution in [0, 0.1) is 0 Å². The van der Waals surface area contributed by atoms with Crippen molar-refractivity contribution in [2.24, 2.45) is 0 Å². The molecule has 90 valence electrons. The van der Waals surface area contributed by atoms with E-state index in [9.17, 15) is 0 Å². The van der Waals surface area contributed by atoms with Gasteiger partial charge in [-0.15, -0.1) is 11.8 Å². The fourth-order valence-corrected chi connectivity index (χ4v) is 3.12. The lowest BCUT2D eigenvalue weighted by Crippen LogP contribution is -2.32. The van der Waals surface area contributed by atoms with Crippen LogP contribution >= 0.6 is 27.7 Å². The summed E-state index contributed by atoms with van der Waals surface area (Å²) in [4.78, 5) is 1.25. The number of rotatable bonds is 7. The van der Waals surface area contributed by atoms with Crippen LogP contribution in [0.15, 0.2) is 33.6 Å². The standard InChI is InChI=1S/C12H18BrNOS/c1-2-14-10(7-8-15)9-16-12-6-4-3-5-11(12)13/h3-6,10,14-15H,2,7-9H2,1H3. The maximum Gasteiger partial charge on any atom is 0.0446 e. The second-order valence-electron chi connectivity index (χ2n) is 3.51. The van der Waals surface area contributed by atoms with Crippen LogP contribution < -0.4 is 5.32 Å². The van der Waals surface area contributed by atoms with Crippen molar-refractivity contribution < 1.29 is 5.11 Å². The lowest BCUT2D eigenvalue weighted by Gasteiger charge is -2.16. The maximum absolute atomic E-state index is 8.96. The van der Waals surface area contributed by atoms with Crippen LogP contribution in [0.5, 0.6) is 0 Å². The van der Waals surface area contributed by atoms with Gasteiger partial charge in [-0.05, 0) is 41.0 Å². The van der Waals surface area contributed by atoms with E-state index in [1.165, 1.54) is 4.90 Å². The summed E-state index contributed by atoms with van der Waals surface area (Å²) in [5.41, 5.74) is 0. The zero-order valence-corrected chi connectivity index (χ0v) is 11.9. The minimum Gasteiger partial charge on any atom is -0.396 e. The first kappa shape index (κ1) is 14.0. The minimum atomic E-state index is 0.244. The lowest BCUT2D eigenvalue weighted by atomic mass is 10.2. The monoisotopic (exact) mass is 303 g/mol. The van der Waals surface area contributed by atoms with Crippen LogP contribution in [0.3, 0.4) is 0 Å². The Bertz CT molecular complexity index is 303. The second kappa shape index (κ2) is 8.12. The summed E-state index contributed by atoms with van der Waals surface area (Å²) in [6.07, 6.45) is 0.811. The number of aliphatic hydroxyl groups excluding tert-OH is 1. The zero-order chi connectivity index (χ0) is 11.8. The molecular weight excluding hydrogens is 286 g/mol. The number of hydrogen-bond acceptors (Lipinski definition) is 3. The van der Waals surface area contributed by atoms with E-state index in [0.29, 0.717) is 6.04 Å². The molecule has 0 bridgehead atoms. The van der Waals surface area contributed by atoms with Gasteiger partial charge in [-0.25, -0.2) is 0 Å². The average molecular weight is 304 g/mol. The van der Waals surface area contributed by atoms with Gasteiger partial charge in [0.1, 0.15) is 0 Å². The van der Waals surface area contributed by atoms with Gasteiger partial charge in [-0.1, -0.05) is 19.1 Å². The molecule has 1 rings (SSSR count). The van der Waals surface area contributed by atoms with E-state index in [4.69, 9.17) is 5.11 Å². The van der Waals surface area contributed by atoms with Crippen LogP contribution in [0.25, 0.3) is 0 Å². The van der Waals surface area contributed by atoms with E-state index in [-0.39, 0.29) is 6.61 Å². The Hall–Kier alpha value is -0.0300. The van der Waals surface area contributed by atoms with Crippen LogP contribution in [-0.2, 0) is 0 Å². The molecule has 0 fully saturated rings. The molecule has 16 heavy (non-hydrogen) atoms. The quantitative estimate of drug-likeness (QED) is 0.760. The van der Waals surface area contributed by atoms with Gasteiger partial charge in [0.25, 0.3) is 0 Å². The van der Waals surface area contributed by atoms with Gasteiger partial charge >= 0.3 is 0 Å². The first-order chi connectivity index (χ1) is 7.77. The smallest absolute Gasteiger partial charge is 0.0446 e. The fraction of sp³-hybridized carbons (Fsp3) is 0.500. The Balaban J connectivity index is 2.45. The number of halogens is 1. The van der Waals surface area contributed by atoms with Gasteiger partial charge in [0, 0.05) is 27.8 Å². The molecule has 0 saturated heterocycles. The van der Waals surface area contributed by atoms with Crippen LogP contribution in [0.2, 0.25) is 0 Å². The van der Waals surface area contributed by atoms with Crippen molar-refractivity contribution in [2.45, 2.75) is 24.3 Å². The molecule has 0 heterocycles. The summed E-state index contributed by atoms with van der Waals surface area (Å²) < 4.78 is 1.14. The summed E-state index contributed by atoms with van der Waals surface area (Å²) in [6.45, 7) is 3.28. The number of aliphatic hydroxyl groups is 1. The molecule has 0 aliphatic rings. The highest BCUT2D eigenvalue weighted by molar-refractivity contribution is 9.10. The highest BCUT2D eigenvalue weighted by Crippen LogP contribution is 2.27.